The molecule has 1 atom stereocenters. The molecule has 0 radical (unpaired) electrons. The van der Waals surface area contributed by atoms with Crippen molar-refractivity contribution in [3.8, 4) is 0 Å². The molecule has 0 amide bonds. The van der Waals surface area contributed by atoms with Crippen molar-refractivity contribution in [1.29, 1.82) is 0 Å². The molecule has 1 unspecified atom stereocenters. The molecule has 1 aromatic heterocycles. The monoisotopic (exact) mass is 261 g/mol. The summed E-state index contributed by atoms with van der Waals surface area (Å²) in [4.78, 5) is 4.35. The second-order valence-electron chi connectivity index (χ2n) is 4.43. The summed E-state index contributed by atoms with van der Waals surface area (Å²) in [5.74, 6) is 0. The van der Waals surface area contributed by atoms with Crippen molar-refractivity contribution in [2.24, 2.45) is 0 Å². The van der Waals surface area contributed by atoms with Crippen LogP contribution in [0.5, 0.6) is 0 Å². The first kappa shape index (κ1) is 13.6. The van der Waals surface area contributed by atoms with Crippen molar-refractivity contribution in [2.75, 3.05) is 31.3 Å². The number of pyridine rings is 1. The Morgan fingerprint density at radius 3 is 3.05 bits per heavy atom. The van der Waals surface area contributed by atoms with Crippen molar-refractivity contribution >= 4 is 22.3 Å². The first-order chi connectivity index (χ1) is 9.22. The quantitative estimate of drug-likeness (QED) is 0.689. The lowest BCUT2D eigenvalue weighted by Crippen LogP contribution is -2.18. The van der Waals surface area contributed by atoms with Crippen molar-refractivity contribution in [2.45, 2.75) is 12.5 Å². The van der Waals surface area contributed by atoms with E-state index in [0.29, 0.717) is 25.3 Å². The second kappa shape index (κ2) is 6.36. The minimum Gasteiger partial charge on any atom is -0.398 e. The van der Waals surface area contributed by atoms with Crippen LogP contribution in [0.1, 0.15) is 6.42 Å². The van der Waals surface area contributed by atoms with Crippen molar-refractivity contribution in [1.82, 2.24) is 4.98 Å². The number of benzene rings is 1. The number of methoxy groups -OCH3 is 1. The Kier molecular flexibility index (Phi) is 4.54. The van der Waals surface area contributed by atoms with Crippen LogP contribution >= 0.6 is 0 Å². The van der Waals surface area contributed by atoms with Gasteiger partial charge in [-0.05, 0) is 30.7 Å². The summed E-state index contributed by atoms with van der Waals surface area (Å²) in [5.41, 5.74) is 8.41. The first-order valence-electron chi connectivity index (χ1n) is 6.26. The van der Waals surface area contributed by atoms with Gasteiger partial charge >= 0.3 is 0 Å². The van der Waals surface area contributed by atoms with E-state index in [9.17, 15) is 5.11 Å². The smallest absolute Gasteiger partial charge is 0.0953 e. The van der Waals surface area contributed by atoms with Crippen LogP contribution in [0, 0.1) is 0 Å². The van der Waals surface area contributed by atoms with Gasteiger partial charge in [0.05, 0.1) is 23.9 Å². The fourth-order valence-corrected chi connectivity index (χ4v) is 1.99. The Balaban J connectivity index is 2.07. The summed E-state index contributed by atoms with van der Waals surface area (Å²) in [5, 5.41) is 13.8. The van der Waals surface area contributed by atoms with E-state index >= 15 is 0 Å². The van der Waals surface area contributed by atoms with Gasteiger partial charge < -0.3 is 20.9 Å². The van der Waals surface area contributed by atoms with Gasteiger partial charge in [0.1, 0.15) is 0 Å². The molecule has 0 aliphatic carbocycles. The minimum atomic E-state index is -0.453. The number of nitrogens with zero attached hydrogens (tertiary/aromatic N) is 1. The maximum absolute atomic E-state index is 9.58. The molecule has 0 spiro atoms. The van der Waals surface area contributed by atoms with Crippen LogP contribution in [0.15, 0.2) is 30.5 Å². The van der Waals surface area contributed by atoms with Crippen molar-refractivity contribution in [3.05, 3.63) is 30.5 Å². The average molecular weight is 261 g/mol. The van der Waals surface area contributed by atoms with Gasteiger partial charge in [-0.15, -0.1) is 0 Å². The zero-order valence-electron chi connectivity index (χ0n) is 11.0. The lowest BCUT2D eigenvalue weighted by Gasteiger charge is -2.13. The molecule has 5 nitrogen and oxygen atoms in total. The lowest BCUT2D eigenvalue weighted by molar-refractivity contribution is 0.0615. The van der Waals surface area contributed by atoms with Crippen molar-refractivity contribution in [3.63, 3.8) is 0 Å². The number of nitrogens with two attached hydrogens (primary N) is 1. The molecule has 19 heavy (non-hydrogen) atoms. The van der Waals surface area contributed by atoms with E-state index in [-0.39, 0.29) is 0 Å². The van der Waals surface area contributed by atoms with Gasteiger partial charge in [0, 0.05) is 30.9 Å². The highest BCUT2D eigenvalue weighted by molar-refractivity contribution is 5.98. The molecule has 5 heteroatoms. The summed E-state index contributed by atoms with van der Waals surface area (Å²) < 4.78 is 4.89. The third-order valence-electron chi connectivity index (χ3n) is 2.96. The van der Waals surface area contributed by atoms with Crippen LogP contribution in [-0.4, -0.2) is 36.5 Å². The predicted molar refractivity (Wildman–Crippen MR) is 77.1 cm³/mol. The van der Waals surface area contributed by atoms with Gasteiger partial charge in [-0.3, -0.25) is 4.98 Å². The second-order valence-corrected chi connectivity index (χ2v) is 4.43. The number of hydrogen-bond donors (Lipinski definition) is 3. The third kappa shape index (κ3) is 3.33. The Hall–Kier alpha value is -1.85. The summed E-state index contributed by atoms with van der Waals surface area (Å²) in [6.07, 6.45) is 1.91. The van der Waals surface area contributed by atoms with Crippen LogP contribution in [0.3, 0.4) is 0 Å². The maximum atomic E-state index is 9.58. The summed E-state index contributed by atoms with van der Waals surface area (Å²) in [6.45, 7) is 1.00. The number of rotatable bonds is 6. The van der Waals surface area contributed by atoms with E-state index in [4.69, 9.17) is 10.5 Å². The molecule has 0 fully saturated rings. The van der Waals surface area contributed by atoms with Crippen LogP contribution < -0.4 is 11.1 Å². The van der Waals surface area contributed by atoms with Gasteiger partial charge in [0.2, 0.25) is 0 Å². The zero-order valence-corrected chi connectivity index (χ0v) is 11.0. The number of nitrogen functional groups attached to an aromatic ring is 1. The van der Waals surface area contributed by atoms with Crippen LogP contribution in [0.2, 0.25) is 0 Å². The number of anilines is 2. The van der Waals surface area contributed by atoms with Gasteiger partial charge in [-0.25, -0.2) is 0 Å². The molecule has 0 aliphatic heterocycles. The maximum Gasteiger partial charge on any atom is 0.0953 e. The van der Waals surface area contributed by atoms with Crippen LogP contribution in [0.4, 0.5) is 11.4 Å². The summed E-state index contributed by atoms with van der Waals surface area (Å²) in [7, 11) is 1.58. The number of aliphatic hydroxyl groups excluding tert-OH is 1. The number of ether oxygens (including phenoxy) is 1. The molecule has 4 N–H and O–H groups in total. The van der Waals surface area contributed by atoms with Crippen molar-refractivity contribution < 1.29 is 9.84 Å². The fourth-order valence-electron chi connectivity index (χ4n) is 1.99. The van der Waals surface area contributed by atoms with Gasteiger partial charge in [-0.1, -0.05) is 0 Å². The molecular formula is C14H19N3O2. The topological polar surface area (TPSA) is 80.4 Å². The van der Waals surface area contributed by atoms with Gasteiger partial charge in [0.15, 0.2) is 0 Å². The Bertz CT molecular complexity index is 545. The lowest BCUT2D eigenvalue weighted by atomic mass is 10.1. The van der Waals surface area contributed by atoms with E-state index in [1.807, 2.05) is 24.3 Å². The normalized spacial score (nSPS) is 12.5. The standard InChI is InChI=1S/C14H19N3O2/c1-19-9-10(18)6-8-16-13-5-4-12(15)11-3-2-7-17-14(11)13/h2-5,7,10,16,18H,6,8-9,15H2,1H3. The third-order valence-corrected chi connectivity index (χ3v) is 2.96. The van der Waals surface area contributed by atoms with E-state index in [1.165, 1.54) is 0 Å². The molecule has 1 heterocycles. The highest BCUT2D eigenvalue weighted by atomic mass is 16.5. The number of nitrogens with one attached hydrogen (secondary N) is 1. The zero-order chi connectivity index (χ0) is 13.7. The molecule has 2 aromatic rings. The Morgan fingerprint density at radius 2 is 2.26 bits per heavy atom. The number of aromatic nitrogens is 1. The molecule has 0 saturated carbocycles. The Morgan fingerprint density at radius 1 is 1.42 bits per heavy atom. The molecular weight excluding hydrogens is 242 g/mol. The number of aliphatic hydroxyl groups is 1. The highest BCUT2D eigenvalue weighted by Gasteiger charge is 2.06. The highest BCUT2D eigenvalue weighted by Crippen LogP contribution is 2.26. The largest absolute Gasteiger partial charge is 0.398 e. The van der Waals surface area contributed by atoms with Gasteiger partial charge in [0.25, 0.3) is 0 Å². The molecule has 2 rings (SSSR count). The van der Waals surface area contributed by atoms with Gasteiger partial charge in [-0.2, -0.15) is 0 Å². The molecule has 0 bridgehead atoms. The van der Waals surface area contributed by atoms with E-state index < -0.39 is 6.10 Å². The summed E-state index contributed by atoms with van der Waals surface area (Å²) in [6, 6.07) is 7.58. The van der Waals surface area contributed by atoms with E-state index in [2.05, 4.69) is 10.3 Å². The number of fused-ring (bicyclic) bond motifs is 1. The predicted octanol–water partition coefficient (Wildman–Crippen LogP) is 1.63. The SMILES string of the molecule is COCC(O)CCNc1ccc(N)c2cccnc12. The number of hydrogen-bond acceptors (Lipinski definition) is 5. The van der Waals surface area contributed by atoms with E-state index in [0.717, 1.165) is 16.6 Å². The summed E-state index contributed by atoms with van der Waals surface area (Å²) >= 11 is 0. The molecule has 1 aromatic carbocycles. The van der Waals surface area contributed by atoms with E-state index in [1.54, 1.807) is 13.3 Å². The minimum absolute atomic E-state index is 0.350. The molecule has 0 aliphatic rings. The first-order valence-corrected chi connectivity index (χ1v) is 6.26. The fraction of sp³-hybridized carbons (Fsp3) is 0.357. The Labute approximate surface area is 112 Å². The van der Waals surface area contributed by atoms with Crippen LogP contribution in [0.25, 0.3) is 10.9 Å². The molecule has 0 saturated heterocycles. The average Bonchev–Trinajstić information content (AvgIpc) is 2.42. The molecule has 102 valence electrons. The van der Waals surface area contributed by atoms with Crippen LogP contribution in [-0.2, 0) is 4.74 Å².